The lowest BCUT2D eigenvalue weighted by molar-refractivity contribution is 0.298. The molecule has 1 heterocycles. The zero-order chi connectivity index (χ0) is 13.8. The fourth-order valence-corrected chi connectivity index (χ4v) is 2.19. The van der Waals surface area contributed by atoms with Crippen LogP contribution < -0.4 is 10.5 Å². The van der Waals surface area contributed by atoms with Gasteiger partial charge in [0, 0.05) is 30.4 Å². The Balaban J connectivity index is 1.82. The number of nitrogens with two attached hydrogens (primary N) is 1. The van der Waals surface area contributed by atoms with Crippen molar-refractivity contribution in [1.29, 1.82) is 0 Å². The van der Waals surface area contributed by atoms with Gasteiger partial charge in [0.2, 0.25) is 0 Å². The van der Waals surface area contributed by atoms with Crippen LogP contribution >= 0.6 is 15.9 Å². The van der Waals surface area contributed by atoms with Crippen LogP contribution in [0.4, 0.5) is 5.69 Å². The number of anilines is 1. The molecule has 0 aliphatic rings. The monoisotopic (exact) mass is 323 g/mol. The van der Waals surface area contributed by atoms with E-state index in [0.29, 0.717) is 6.61 Å². The summed E-state index contributed by atoms with van der Waals surface area (Å²) in [6.45, 7) is 5.56. The number of aromatic nitrogens is 2. The van der Waals surface area contributed by atoms with Crippen molar-refractivity contribution < 1.29 is 4.74 Å². The second-order valence-electron chi connectivity index (χ2n) is 4.48. The Morgan fingerprint density at radius 1 is 1.37 bits per heavy atom. The molecule has 0 aliphatic carbocycles. The van der Waals surface area contributed by atoms with Crippen molar-refractivity contribution in [3.8, 4) is 5.75 Å². The van der Waals surface area contributed by atoms with Gasteiger partial charge in [-0.2, -0.15) is 5.10 Å². The van der Waals surface area contributed by atoms with Gasteiger partial charge >= 0.3 is 0 Å². The minimum absolute atomic E-state index is 0.652. The molecule has 0 aliphatic heterocycles. The number of benzene rings is 1. The first-order chi connectivity index (χ1) is 9.08. The fraction of sp³-hybridized carbons (Fsp3) is 0.357. The summed E-state index contributed by atoms with van der Waals surface area (Å²) < 4.78 is 8.74. The maximum Gasteiger partial charge on any atom is 0.121 e. The number of hydrogen-bond acceptors (Lipinski definition) is 3. The molecule has 0 spiro atoms. The lowest BCUT2D eigenvalue weighted by atomic mass is 10.3. The molecule has 5 heteroatoms. The van der Waals surface area contributed by atoms with Crippen molar-refractivity contribution in [3.63, 3.8) is 0 Å². The van der Waals surface area contributed by atoms with Crippen LogP contribution in [-0.2, 0) is 6.54 Å². The van der Waals surface area contributed by atoms with E-state index in [-0.39, 0.29) is 0 Å². The molecule has 2 N–H and O–H groups in total. The van der Waals surface area contributed by atoms with Gasteiger partial charge in [0.15, 0.2) is 0 Å². The highest BCUT2D eigenvalue weighted by atomic mass is 79.9. The van der Waals surface area contributed by atoms with Crippen LogP contribution in [0.1, 0.15) is 17.8 Å². The third kappa shape index (κ3) is 3.50. The number of rotatable bonds is 5. The molecule has 19 heavy (non-hydrogen) atoms. The molecule has 0 radical (unpaired) electrons. The maximum atomic E-state index is 5.69. The number of nitrogens with zero attached hydrogens (tertiary/aromatic N) is 2. The molecule has 102 valence electrons. The summed E-state index contributed by atoms with van der Waals surface area (Å²) in [7, 11) is 0. The second-order valence-corrected chi connectivity index (χ2v) is 5.28. The molecule has 0 atom stereocenters. The first kappa shape index (κ1) is 13.9. The maximum absolute atomic E-state index is 5.69. The Labute approximate surface area is 121 Å². The van der Waals surface area contributed by atoms with Gasteiger partial charge in [-0.3, -0.25) is 4.68 Å². The van der Waals surface area contributed by atoms with Crippen LogP contribution in [0.15, 0.2) is 28.7 Å². The van der Waals surface area contributed by atoms with Crippen LogP contribution in [0.3, 0.4) is 0 Å². The topological polar surface area (TPSA) is 53.1 Å². The number of aryl methyl sites for hydroxylation is 2. The van der Waals surface area contributed by atoms with Crippen molar-refractivity contribution in [3.05, 3.63) is 40.1 Å². The number of halogens is 1. The van der Waals surface area contributed by atoms with E-state index in [4.69, 9.17) is 10.5 Å². The average molecular weight is 324 g/mol. The normalized spacial score (nSPS) is 10.7. The highest BCUT2D eigenvalue weighted by Gasteiger charge is 2.07. The van der Waals surface area contributed by atoms with Crippen molar-refractivity contribution >= 4 is 21.6 Å². The third-order valence-electron chi connectivity index (χ3n) is 2.93. The molecular weight excluding hydrogens is 306 g/mol. The standard InChI is InChI=1S/C14H18BrN3O/c1-10-14(15)11(2)18(17-10)7-4-8-19-13-6-3-5-12(16)9-13/h3,5-6,9H,4,7-8,16H2,1-2H3. The summed E-state index contributed by atoms with van der Waals surface area (Å²) in [5, 5.41) is 4.46. The molecule has 0 amide bonds. The van der Waals surface area contributed by atoms with Crippen molar-refractivity contribution in [2.24, 2.45) is 0 Å². The number of hydrogen-bond donors (Lipinski definition) is 1. The first-order valence-corrected chi connectivity index (χ1v) is 7.05. The van der Waals surface area contributed by atoms with Gasteiger partial charge in [-0.15, -0.1) is 0 Å². The zero-order valence-electron chi connectivity index (χ0n) is 11.2. The summed E-state index contributed by atoms with van der Waals surface area (Å²) in [5.74, 6) is 0.814. The lowest BCUT2D eigenvalue weighted by Gasteiger charge is -2.07. The van der Waals surface area contributed by atoms with Crippen LogP contribution in [0.2, 0.25) is 0 Å². The molecular formula is C14H18BrN3O. The van der Waals surface area contributed by atoms with Crippen LogP contribution in [0.25, 0.3) is 0 Å². The van der Waals surface area contributed by atoms with Gasteiger partial charge in [0.1, 0.15) is 5.75 Å². The summed E-state index contributed by atoms with van der Waals surface area (Å²) in [6, 6.07) is 7.49. The minimum Gasteiger partial charge on any atom is -0.493 e. The van der Waals surface area contributed by atoms with E-state index in [1.54, 1.807) is 0 Å². The minimum atomic E-state index is 0.652. The molecule has 0 saturated heterocycles. The summed E-state index contributed by atoms with van der Waals surface area (Å²) in [5.41, 5.74) is 8.59. The van der Waals surface area contributed by atoms with Crippen molar-refractivity contribution in [2.45, 2.75) is 26.8 Å². The van der Waals surface area contributed by atoms with Crippen LogP contribution in [-0.4, -0.2) is 16.4 Å². The van der Waals surface area contributed by atoms with Gasteiger partial charge in [-0.05, 0) is 41.9 Å². The molecule has 4 nitrogen and oxygen atoms in total. The molecule has 1 aromatic heterocycles. The highest BCUT2D eigenvalue weighted by Crippen LogP contribution is 2.20. The van der Waals surface area contributed by atoms with E-state index >= 15 is 0 Å². The van der Waals surface area contributed by atoms with E-state index in [1.165, 1.54) is 0 Å². The van der Waals surface area contributed by atoms with Gasteiger partial charge in [-0.1, -0.05) is 6.07 Å². The van der Waals surface area contributed by atoms with Gasteiger partial charge in [0.25, 0.3) is 0 Å². The predicted molar refractivity (Wildman–Crippen MR) is 80.4 cm³/mol. The van der Waals surface area contributed by atoms with E-state index in [2.05, 4.69) is 28.0 Å². The Morgan fingerprint density at radius 2 is 2.16 bits per heavy atom. The molecule has 2 aromatic rings. The highest BCUT2D eigenvalue weighted by molar-refractivity contribution is 9.10. The first-order valence-electron chi connectivity index (χ1n) is 6.26. The molecule has 2 rings (SSSR count). The Hall–Kier alpha value is -1.49. The smallest absolute Gasteiger partial charge is 0.121 e. The van der Waals surface area contributed by atoms with E-state index < -0.39 is 0 Å². The third-order valence-corrected chi connectivity index (χ3v) is 4.08. The SMILES string of the molecule is Cc1nn(CCCOc2cccc(N)c2)c(C)c1Br. The fourth-order valence-electron chi connectivity index (χ4n) is 1.90. The Morgan fingerprint density at radius 3 is 2.79 bits per heavy atom. The summed E-state index contributed by atoms with van der Waals surface area (Å²) >= 11 is 3.53. The quantitative estimate of drug-likeness (QED) is 0.678. The molecule has 0 unspecified atom stereocenters. The molecule has 0 fully saturated rings. The Bertz CT molecular complexity index is 566. The van der Waals surface area contributed by atoms with E-state index in [1.807, 2.05) is 35.9 Å². The van der Waals surface area contributed by atoms with E-state index in [0.717, 1.165) is 40.3 Å². The van der Waals surface area contributed by atoms with Gasteiger partial charge < -0.3 is 10.5 Å². The summed E-state index contributed by atoms with van der Waals surface area (Å²) in [6.07, 6.45) is 0.906. The lowest BCUT2D eigenvalue weighted by Crippen LogP contribution is -2.07. The summed E-state index contributed by atoms with van der Waals surface area (Å²) in [4.78, 5) is 0. The van der Waals surface area contributed by atoms with E-state index in [9.17, 15) is 0 Å². The van der Waals surface area contributed by atoms with Crippen LogP contribution in [0, 0.1) is 13.8 Å². The number of nitrogen functional groups attached to an aromatic ring is 1. The van der Waals surface area contributed by atoms with Crippen LogP contribution in [0.5, 0.6) is 5.75 Å². The number of ether oxygens (including phenoxy) is 1. The largest absolute Gasteiger partial charge is 0.493 e. The van der Waals surface area contributed by atoms with Gasteiger partial charge in [0.05, 0.1) is 16.8 Å². The molecule has 0 bridgehead atoms. The van der Waals surface area contributed by atoms with Crippen molar-refractivity contribution in [2.75, 3.05) is 12.3 Å². The molecule has 0 saturated carbocycles. The predicted octanol–water partition coefficient (Wildman–Crippen LogP) is 3.31. The zero-order valence-corrected chi connectivity index (χ0v) is 12.8. The average Bonchev–Trinajstić information content (AvgIpc) is 2.62. The Kier molecular flexibility index (Phi) is 4.47. The second kappa shape index (κ2) is 6.10. The molecule has 1 aromatic carbocycles. The van der Waals surface area contributed by atoms with Crippen molar-refractivity contribution in [1.82, 2.24) is 9.78 Å². The van der Waals surface area contributed by atoms with Gasteiger partial charge in [-0.25, -0.2) is 0 Å².